The fourth-order valence-electron chi connectivity index (χ4n) is 3.02. The molecular weight excluding hydrogens is 419 g/mol. The van der Waals surface area contributed by atoms with Gasteiger partial charge in [-0.05, 0) is 58.0 Å². The van der Waals surface area contributed by atoms with Gasteiger partial charge in [-0.3, -0.25) is 9.98 Å². The number of para-hydroxylation sites is 1. The number of hydrogen-bond acceptors (Lipinski definition) is 2. The van der Waals surface area contributed by atoms with Crippen molar-refractivity contribution in [2.24, 2.45) is 4.99 Å². The Morgan fingerprint density at radius 2 is 1.80 bits per heavy atom. The Balaban J connectivity index is 1.93. The van der Waals surface area contributed by atoms with Crippen molar-refractivity contribution < 1.29 is 0 Å². The monoisotopic (exact) mass is 440 g/mol. The van der Waals surface area contributed by atoms with Gasteiger partial charge in [0.15, 0.2) is 0 Å². The van der Waals surface area contributed by atoms with Crippen LogP contribution >= 0.6 is 22.6 Å². The average Bonchev–Trinajstić information content (AvgIpc) is 2.62. The average molecular weight is 440 g/mol. The molecule has 0 N–H and O–H groups in total. The molecule has 0 unspecified atom stereocenters. The number of allylic oxidation sites excluding steroid dienone is 1. The van der Waals surface area contributed by atoms with Gasteiger partial charge in [0.1, 0.15) is 0 Å². The SMILES string of the molecule is C/N=C(\C=C\c1cnc2ccccc2c1)C(C)(C)c1ccccc1I. The molecule has 0 bridgehead atoms. The molecule has 0 spiro atoms. The standard InChI is InChI=1S/C22H21IN2/c1-22(2,18-9-5-6-10-19(18)23)21(24-3)13-12-16-14-17-8-4-7-11-20(17)25-15-16/h4-15H,1-3H3/b13-12+,24-21+. The first-order valence-corrected chi connectivity index (χ1v) is 9.35. The Morgan fingerprint density at radius 1 is 1.08 bits per heavy atom. The normalized spacial score (nSPS) is 12.9. The van der Waals surface area contributed by atoms with Gasteiger partial charge in [-0.1, -0.05) is 56.3 Å². The van der Waals surface area contributed by atoms with Gasteiger partial charge in [0.05, 0.1) is 5.52 Å². The number of aliphatic imine (C=N–C) groups is 1. The molecule has 3 heteroatoms. The van der Waals surface area contributed by atoms with Crippen LogP contribution in [0.1, 0.15) is 25.0 Å². The van der Waals surface area contributed by atoms with Gasteiger partial charge in [0.2, 0.25) is 0 Å². The van der Waals surface area contributed by atoms with E-state index in [0.717, 1.165) is 22.2 Å². The summed E-state index contributed by atoms with van der Waals surface area (Å²) in [5, 5.41) is 1.15. The van der Waals surface area contributed by atoms with E-state index in [9.17, 15) is 0 Å². The third-order valence-electron chi connectivity index (χ3n) is 4.47. The van der Waals surface area contributed by atoms with Gasteiger partial charge >= 0.3 is 0 Å². The van der Waals surface area contributed by atoms with Gasteiger partial charge in [0.25, 0.3) is 0 Å². The number of fused-ring (bicyclic) bond motifs is 1. The molecular formula is C22H21IN2. The molecule has 3 rings (SSSR count). The second-order valence-corrected chi connectivity index (χ2v) is 7.67. The number of hydrogen-bond donors (Lipinski definition) is 0. The summed E-state index contributed by atoms with van der Waals surface area (Å²) in [6.45, 7) is 4.44. The summed E-state index contributed by atoms with van der Waals surface area (Å²) in [5.41, 5.74) is 4.27. The second-order valence-electron chi connectivity index (χ2n) is 6.51. The van der Waals surface area contributed by atoms with Crippen LogP contribution in [0.5, 0.6) is 0 Å². The third-order valence-corrected chi connectivity index (χ3v) is 5.41. The van der Waals surface area contributed by atoms with E-state index in [4.69, 9.17) is 0 Å². The Morgan fingerprint density at radius 3 is 2.56 bits per heavy atom. The van der Waals surface area contributed by atoms with Crippen LogP contribution in [-0.4, -0.2) is 17.7 Å². The van der Waals surface area contributed by atoms with Crippen LogP contribution in [0.2, 0.25) is 0 Å². The molecule has 0 atom stereocenters. The van der Waals surface area contributed by atoms with E-state index >= 15 is 0 Å². The maximum Gasteiger partial charge on any atom is 0.0702 e. The van der Waals surface area contributed by atoms with E-state index in [1.807, 2.05) is 31.4 Å². The first-order chi connectivity index (χ1) is 12.0. The molecule has 0 fully saturated rings. The molecule has 0 saturated heterocycles. The Bertz CT molecular complexity index is 955. The predicted octanol–water partition coefficient (Wildman–Crippen LogP) is 5.90. The number of nitrogens with zero attached hydrogens (tertiary/aromatic N) is 2. The fraction of sp³-hybridized carbons (Fsp3) is 0.182. The molecule has 25 heavy (non-hydrogen) atoms. The van der Waals surface area contributed by atoms with E-state index in [-0.39, 0.29) is 5.41 Å². The van der Waals surface area contributed by atoms with Gasteiger partial charge < -0.3 is 0 Å². The lowest BCUT2D eigenvalue weighted by Crippen LogP contribution is -2.28. The molecule has 3 aromatic rings. The van der Waals surface area contributed by atoms with Gasteiger partial charge in [-0.2, -0.15) is 0 Å². The maximum absolute atomic E-state index is 4.56. The smallest absolute Gasteiger partial charge is 0.0702 e. The van der Waals surface area contributed by atoms with E-state index in [2.05, 4.69) is 95.0 Å². The lowest BCUT2D eigenvalue weighted by Gasteiger charge is -2.27. The summed E-state index contributed by atoms with van der Waals surface area (Å²) in [5.74, 6) is 0. The van der Waals surface area contributed by atoms with Gasteiger partial charge in [-0.15, -0.1) is 0 Å². The molecule has 2 nitrogen and oxygen atoms in total. The maximum atomic E-state index is 4.56. The molecule has 0 radical (unpaired) electrons. The van der Waals surface area contributed by atoms with Crippen LogP contribution in [0, 0.1) is 3.57 Å². The van der Waals surface area contributed by atoms with Crippen LogP contribution in [0.3, 0.4) is 0 Å². The van der Waals surface area contributed by atoms with E-state index in [1.54, 1.807) is 0 Å². The van der Waals surface area contributed by atoms with Crippen LogP contribution in [-0.2, 0) is 5.41 Å². The summed E-state index contributed by atoms with van der Waals surface area (Å²) >= 11 is 2.40. The van der Waals surface area contributed by atoms with Crippen molar-refractivity contribution >= 4 is 45.3 Å². The van der Waals surface area contributed by atoms with Gasteiger partial charge in [-0.25, -0.2) is 0 Å². The van der Waals surface area contributed by atoms with E-state index in [0.29, 0.717) is 0 Å². The second kappa shape index (κ2) is 7.48. The molecule has 0 aliphatic rings. The number of aromatic nitrogens is 1. The van der Waals surface area contributed by atoms with Gasteiger partial charge in [0, 0.05) is 33.3 Å². The fourth-order valence-corrected chi connectivity index (χ4v) is 4.08. The zero-order chi connectivity index (χ0) is 17.9. The summed E-state index contributed by atoms with van der Waals surface area (Å²) in [6.07, 6.45) is 6.11. The molecule has 0 aliphatic carbocycles. The third kappa shape index (κ3) is 3.82. The zero-order valence-electron chi connectivity index (χ0n) is 14.7. The van der Waals surface area contributed by atoms with Crippen molar-refractivity contribution in [3.05, 3.63) is 81.6 Å². The molecule has 0 aliphatic heterocycles. The molecule has 1 aromatic heterocycles. The molecule has 0 saturated carbocycles. The van der Waals surface area contributed by atoms with Crippen molar-refractivity contribution in [1.82, 2.24) is 4.98 Å². The molecule has 126 valence electrons. The number of pyridine rings is 1. The number of halogens is 1. The molecule has 2 aromatic carbocycles. The summed E-state index contributed by atoms with van der Waals surface area (Å²) < 4.78 is 1.26. The quantitative estimate of drug-likeness (QED) is 0.366. The topological polar surface area (TPSA) is 25.2 Å². The first kappa shape index (κ1) is 17.8. The Kier molecular flexibility index (Phi) is 5.33. The number of benzene rings is 2. The minimum atomic E-state index is -0.159. The highest BCUT2D eigenvalue weighted by Gasteiger charge is 2.27. The van der Waals surface area contributed by atoms with Crippen LogP contribution in [0.4, 0.5) is 0 Å². The lowest BCUT2D eigenvalue weighted by molar-refractivity contribution is 0.715. The van der Waals surface area contributed by atoms with Crippen LogP contribution in [0.15, 0.2) is 71.9 Å². The van der Waals surface area contributed by atoms with Crippen LogP contribution < -0.4 is 0 Å². The summed E-state index contributed by atoms with van der Waals surface area (Å²) in [4.78, 5) is 9.09. The highest BCUT2D eigenvalue weighted by molar-refractivity contribution is 14.1. The van der Waals surface area contributed by atoms with Crippen LogP contribution in [0.25, 0.3) is 17.0 Å². The predicted molar refractivity (Wildman–Crippen MR) is 116 cm³/mol. The molecule has 0 amide bonds. The van der Waals surface area contributed by atoms with Crippen molar-refractivity contribution in [3.63, 3.8) is 0 Å². The zero-order valence-corrected chi connectivity index (χ0v) is 16.9. The lowest BCUT2D eigenvalue weighted by atomic mass is 9.79. The highest BCUT2D eigenvalue weighted by Crippen LogP contribution is 2.30. The molecule has 1 heterocycles. The minimum Gasteiger partial charge on any atom is -0.292 e. The largest absolute Gasteiger partial charge is 0.292 e. The minimum absolute atomic E-state index is 0.159. The first-order valence-electron chi connectivity index (χ1n) is 8.27. The number of rotatable bonds is 4. The Labute approximate surface area is 162 Å². The van der Waals surface area contributed by atoms with E-state index < -0.39 is 0 Å². The highest BCUT2D eigenvalue weighted by atomic mass is 127. The van der Waals surface area contributed by atoms with Crippen molar-refractivity contribution in [1.29, 1.82) is 0 Å². The Hall–Kier alpha value is -2.01. The van der Waals surface area contributed by atoms with Crippen molar-refractivity contribution in [2.75, 3.05) is 7.05 Å². The van der Waals surface area contributed by atoms with Crippen molar-refractivity contribution in [2.45, 2.75) is 19.3 Å². The van der Waals surface area contributed by atoms with E-state index in [1.165, 1.54) is 9.13 Å². The summed E-state index contributed by atoms with van der Waals surface area (Å²) in [7, 11) is 1.86. The van der Waals surface area contributed by atoms with Crippen molar-refractivity contribution in [3.8, 4) is 0 Å². The summed E-state index contributed by atoms with van der Waals surface area (Å²) in [6, 6.07) is 18.8.